The normalized spacial score (nSPS) is 25.8. The van der Waals surface area contributed by atoms with Crippen molar-refractivity contribution in [2.24, 2.45) is 5.41 Å². The molecule has 0 heterocycles. The van der Waals surface area contributed by atoms with Gasteiger partial charge in [0.25, 0.3) is 0 Å². The number of rotatable bonds is 5. The van der Waals surface area contributed by atoms with Crippen LogP contribution < -0.4 is 0 Å². The molecule has 2 unspecified atom stereocenters. The topological polar surface area (TPSA) is 9.23 Å². The first-order valence-electron chi connectivity index (χ1n) is 6.63. The van der Waals surface area contributed by atoms with Crippen molar-refractivity contribution >= 4 is 23.2 Å². The fourth-order valence-corrected chi connectivity index (χ4v) is 3.69. The van der Waals surface area contributed by atoms with Crippen LogP contribution in [-0.2, 0) is 11.3 Å². The highest BCUT2D eigenvalue weighted by Crippen LogP contribution is 2.52. The maximum absolute atomic E-state index is 6.37. The summed E-state index contributed by atoms with van der Waals surface area (Å²) in [6, 6.07) is 7.84. The van der Waals surface area contributed by atoms with Gasteiger partial charge in [0, 0.05) is 15.8 Å². The Labute approximate surface area is 119 Å². The van der Waals surface area contributed by atoms with Crippen molar-refractivity contribution < 1.29 is 4.74 Å². The molecule has 1 aromatic rings. The molecule has 0 spiro atoms. The van der Waals surface area contributed by atoms with Crippen LogP contribution in [0.15, 0.2) is 24.3 Å². The van der Waals surface area contributed by atoms with E-state index in [1.807, 2.05) is 24.3 Å². The van der Waals surface area contributed by atoms with Gasteiger partial charge in [0.15, 0.2) is 0 Å². The van der Waals surface area contributed by atoms with Crippen LogP contribution in [-0.4, -0.2) is 11.5 Å². The van der Waals surface area contributed by atoms with Crippen LogP contribution in [0.25, 0.3) is 0 Å². The molecule has 0 radical (unpaired) electrons. The van der Waals surface area contributed by atoms with Gasteiger partial charge in [-0.2, -0.15) is 0 Å². The van der Waals surface area contributed by atoms with E-state index in [1.165, 1.54) is 0 Å². The molecule has 3 heteroatoms. The lowest BCUT2D eigenvalue weighted by atomic mass is 9.62. The number of hydrogen-bond acceptors (Lipinski definition) is 1. The SMILES string of the molecule is CCC1(CC)C(Cl)CC1OCc1ccccc1Cl. The van der Waals surface area contributed by atoms with E-state index in [0.29, 0.717) is 6.61 Å². The van der Waals surface area contributed by atoms with Gasteiger partial charge in [0.2, 0.25) is 0 Å². The van der Waals surface area contributed by atoms with Gasteiger partial charge in [-0.3, -0.25) is 0 Å². The van der Waals surface area contributed by atoms with Gasteiger partial charge in [-0.1, -0.05) is 43.6 Å². The molecular weight excluding hydrogens is 267 g/mol. The summed E-state index contributed by atoms with van der Waals surface area (Å²) < 4.78 is 6.04. The lowest BCUT2D eigenvalue weighted by Gasteiger charge is -2.52. The summed E-state index contributed by atoms with van der Waals surface area (Å²) >= 11 is 12.5. The van der Waals surface area contributed by atoms with Crippen molar-refractivity contribution in [1.82, 2.24) is 0 Å². The maximum Gasteiger partial charge on any atom is 0.0735 e. The molecule has 0 aliphatic heterocycles. The third-order valence-electron chi connectivity index (χ3n) is 4.40. The van der Waals surface area contributed by atoms with E-state index < -0.39 is 0 Å². The van der Waals surface area contributed by atoms with E-state index in [0.717, 1.165) is 29.8 Å². The molecule has 0 N–H and O–H groups in total. The molecular formula is C15H20Cl2O. The quantitative estimate of drug-likeness (QED) is 0.689. The molecule has 1 fully saturated rings. The van der Waals surface area contributed by atoms with E-state index in [-0.39, 0.29) is 16.9 Å². The summed E-state index contributed by atoms with van der Waals surface area (Å²) in [6.45, 7) is 4.98. The molecule has 2 atom stereocenters. The van der Waals surface area contributed by atoms with Crippen LogP contribution in [0.3, 0.4) is 0 Å². The van der Waals surface area contributed by atoms with Gasteiger partial charge in [-0.25, -0.2) is 0 Å². The number of hydrogen-bond donors (Lipinski definition) is 0. The highest BCUT2D eigenvalue weighted by atomic mass is 35.5. The number of halogens is 2. The largest absolute Gasteiger partial charge is 0.373 e. The van der Waals surface area contributed by atoms with Gasteiger partial charge < -0.3 is 4.74 Å². The van der Waals surface area contributed by atoms with Gasteiger partial charge in [0.1, 0.15) is 0 Å². The first kappa shape index (κ1) is 14.2. The van der Waals surface area contributed by atoms with Crippen molar-refractivity contribution in [3.8, 4) is 0 Å². The molecule has 1 aliphatic carbocycles. The Morgan fingerprint density at radius 1 is 1.28 bits per heavy atom. The van der Waals surface area contributed by atoms with Crippen molar-refractivity contribution in [1.29, 1.82) is 0 Å². The molecule has 1 aliphatic rings. The van der Waals surface area contributed by atoms with E-state index >= 15 is 0 Å². The minimum atomic E-state index is 0.156. The summed E-state index contributed by atoms with van der Waals surface area (Å²) in [5.41, 5.74) is 1.21. The van der Waals surface area contributed by atoms with E-state index in [2.05, 4.69) is 13.8 Å². The zero-order valence-electron chi connectivity index (χ0n) is 11.0. The lowest BCUT2D eigenvalue weighted by molar-refractivity contribution is -0.119. The Balaban J connectivity index is 1.98. The zero-order valence-corrected chi connectivity index (χ0v) is 12.5. The van der Waals surface area contributed by atoms with Gasteiger partial charge >= 0.3 is 0 Å². The van der Waals surface area contributed by atoms with Gasteiger partial charge in [-0.05, 0) is 30.9 Å². The molecule has 0 aromatic heterocycles. The molecule has 0 amide bonds. The van der Waals surface area contributed by atoms with Crippen molar-refractivity contribution in [3.05, 3.63) is 34.9 Å². The highest BCUT2D eigenvalue weighted by Gasteiger charge is 2.52. The van der Waals surface area contributed by atoms with Gasteiger partial charge in [0.05, 0.1) is 12.7 Å². The fourth-order valence-electron chi connectivity index (χ4n) is 2.89. The van der Waals surface area contributed by atoms with Crippen molar-refractivity contribution in [2.45, 2.75) is 51.2 Å². The number of ether oxygens (including phenoxy) is 1. The predicted octanol–water partition coefficient (Wildman–Crippen LogP) is 5.04. The average Bonchev–Trinajstić information content (AvgIpc) is 2.37. The van der Waals surface area contributed by atoms with E-state index in [4.69, 9.17) is 27.9 Å². The van der Waals surface area contributed by atoms with E-state index in [1.54, 1.807) is 0 Å². The van der Waals surface area contributed by atoms with Crippen LogP contribution in [0, 0.1) is 5.41 Å². The Hall–Kier alpha value is -0.240. The summed E-state index contributed by atoms with van der Waals surface area (Å²) in [5, 5.41) is 1.03. The Morgan fingerprint density at radius 2 is 1.94 bits per heavy atom. The van der Waals surface area contributed by atoms with Crippen LogP contribution in [0.5, 0.6) is 0 Å². The summed E-state index contributed by atoms with van der Waals surface area (Å²) in [4.78, 5) is 0. The Bertz CT molecular complexity index is 401. The smallest absolute Gasteiger partial charge is 0.0735 e. The molecule has 1 nitrogen and oxygen atoms in total. The second-order valence-corrected chi connectivity index (χ2v) is 5.97. The second kappa shape index (κ2) is 5.81. The van der Waals surface area contributed by atoms with Gasteiger partial charge in [-0.15, -0.1) is 11.6 Å². The summed E-state index contributed by atoms with van der Waals surface area (Å²) in [7, 11) is 0. The summed E-state index contributed by atoms with van der Waals surface area (Å²) in [6.07, 6.45) is 3.37. The molecule has 1 aromatic carbocycles. The third-order valence-corrected chi connectivity index (χ3v) is 5.38. The lowest BCUT2D eigenvalue weighted by Crippen LogP contribution is -2.55. The average molecular weight is 287 g/mol. The second-order valence-electron chi connectivity index (χ2n) is 5.03. The van der Waals surface area contributed by atoms with Crippen molar-refractivity contribution in [2.75, 3.05) is 0 Å². The first-order valence-corrected chi connectivity index (χ1v) is 7.44. The zero-order chi connectivity index (χ0) is 13.2. The molecule has 100 valence electrons. The fraction of sp³-hybridized carbons (Fsp3) is 0.600. The minimum Gasteiger partial charge on any atom is -0.373 e. The molecule has 18 heavy (non-hydrogen) atoms. The van der Waals surface area contributed by atoms with Crippen LogP contribution in [0.2, 0.25) is 5.02 Å². The minimum absolute atomic E-state index is 0.156. The van der Waals surface area contributed by atoms with E-state index in [9.17, 15) is 0 Å². The summed E-state index contributed by atoms with van der Waals surface area (Å²) in [5.74, 6) is 0. The molecule has 0 saturated heterocycles. The Morgan fingerprint density at radius 3 is 2.50 bits per heavy atom. The Kier molecular flexibility index (Phi) is 4.58. The highest BCUT2D eigenvalue weighted by molar-refractivity contribution is 6.31. The van der Waals surface area contributed by atoms with Crippen LogP contribution >= 0.6 is 23.2 Å². The maximum atomic E-state index is 6.37. The van der Waals surface area contributed by atoms with Crippen LogP contribution in [0.1, 0.15) is 38.7 Å². The number of alkyl halides is 1. The van der Waals surface area contributed by atoms with Crippen LogP contribution in [0.4, 0.5) is 0 Å². The first-order chi connectivity index (χ1) is 8.64. The predicted molar refractivity (Wildman–Crippen MR) is 77.3 cm³/mol. The molecule has 0 bridgehead atoms. The number of benzene rings is 1. The van der Waals surface area contributed by atoms with Crippen molar-refractivity contribution in [3.63, 3.8) is 0 Å². The molecule has 2 rings (SSSR count). The molecule has 1 saturated carbocycles. The third kappa shape index (κ3) is 2.41. The monoisotopic (exact) mass is 286 g/mol. The standard InChI is InChI=1S/C15H20Cl2O/c1-3-15(4-2)13(17)9-14(15)18-10-11-7-5-6-8-12(11)16/h5-8,13-14H,3-4,9-10H2,1-2H3.